The van der Waals surface area contributed by atoms with E-state index in [-0.39, 0.29) is 25.5 Å². The SMILES string of the molecule is CCCN(c1cc(F)cc(OCC)c1)c1ccc2ncc(-c3cnn(C)c3)nc2c1.COc1cc(OC)c(Cl)c(N(CCCN2CCCC2)c2ccc3ncc(-c4cnn(C)c4)nc3c2)c1.COc1cc(OC)cc(N(CC(O)CN2C(=O)c3ccccc3C2=O)c2ccc3ncc(-c4cnn(C)c4)nc3c2)c1.[2H]C([2H])(C)n1cc(-c2cnc3ccc(N(CCO)c4cc(OC)cc(OC)c4)cc3n2)cn1. The molecule has 0 saturated carbocycles. The molecule has 1 saturated heterocycles. The topological polar surface area (TPSA) is 333 Å². The van der Waals surface area contributed by atoms with E-state index in [0.717, 1.165) is 122 Å². The minimum atomic E-state index is -1.61. The fourth-order valence-electron chi connectivity index (χ4n) is 16.6. The van der Waals surface area contributed by atoms with E-state index >= 15 is 0 Å². The largest absolute Gasteiger partial charge is 0.497 e. The van der Waals surface area contributed by atoms with Crippen molar-refractivity contribution in [3.05, 3.63) is 260 Å². The molecule has 2 aliphatic rings. The first kappa shape index (κ1) is 93.6. The van der Waals surface area contributed by atoms with Crippen molar-refractivity contribution in [2.45, 2.75) is 59.1 Å². The van der Waals surface area contributed by atoms with Crippen LogP contribution in [0.2, 0.25) is 5.02 Å². The number of hydrogen-bond donors (Lipinski definition) is 2. The van der Waals surface area contributed by atoms with Gasteiger partial charge in [0.25, 0.3) is 11.8 Å². The van der Waals surface area contributed by atoms with Crippen LogP contribution in [0.4, 0.5) is 49.9 Å². The Morgan fingerprint density at radius 3 is 1.27 bits per heavy atom. The monoisotopic (exact) mass is 1900 g/mol. The second kappa shape index (κ2) is 44.4. The molecule has 714 valence electrons. The number of carbonyl (C=O) groups excluding carboxylic acids is 2. The summed E-state index contributed by atoms with van der Waals surface area (Å²) in [5, 5.41) is 38.4. The van der Waals surface area contributed by atoms with E-state index in [0.29, 0.717) is 120 Å². The maximum atomic E-state index is 14.2. The zero-order valence-corrected chi connectivity index (χ0v) is 79.9. The number of amides is 2. The number of β-amino-alcohol motifs (C(OH)–C–C–N with tert-alkyl or cyclic N) is 1. The van der Waals surface area contributed by atoms with Gasteiger partial charge in [-0.15, -0.1) is 0 Å². The average Bonchev–Trinajstić information content (AvgIpc) is 1.61. The van der Waals surface area contributed by atoms with Crippen LogP contribution in [0.25, 0.3) is 89.2 Å². The number of rotatable bonds is 33. The van der Waals surface area contributed by atoms with Gasteiger partial charge in [-0.1, -0.05) is 30.7 Å². The number of aliphatic hydroxyl groups is 2. The Labute approximate surface area is 811 Å². The number of aliphatic hydroxyl groups excluding tert-OH is 2. The number of likely N-dealkylation sites (tertiary alicyclic amines) is 1. The number of hydrogen-bond acceptors (Lipinski definition) is 28. The number of benzene rings is 9. The van der Waals surface area contributed by atoms with Crippen molar-refractivity contribution < 1.29 is 60.1 Å². The fourth-order valence-corrected chi connectivity index (χ4v) is 16.9. The molecule has 8 aromatic heterocycles. The van der Waals surface area contributed by atoms with Crippen molar-refractivity contribution in [2.24, 2.45) is 21.1 Å². The van der Waals surface area contributed by atoms with Gasteiger partial charge in [-0.25, -0.2) is 24.3 Å². The maximum absolute atomic E-state index is 14.2. The van der Waals surface area contributed by atoms with Crippen LogP contribution in [-0.2, 0) is 27.6 Å². The predicted octanol–water partition coefficient (Wildman–Crippen LogP) is 17.9. The van der Waals surface area contributed by atoms with Crippen LogP contribution in [-0.4, -0.2) is 225 Å². The van der Waals surface area contributed by atoms with Crippen LogP contribution in [0.3, 0.4) is 0 Å². The van der Waals surface area contributed by atoms with Gasteiger partial charge in [0.1, 0.15) is 51.1 Å². The summed E-state index contributed by atoms with van der Waals surface area (Å²) in [6, 6.07) is 49.5. The molecule has 17 aromatic rings. The summed E-state index contributed by atoms with van der Waals surface area (Å²) in [4.78, 5) is 75.1. The Balaban J connectivity index is 0.000000136. The van der Waals surface area contributed by atoms with Gasteiger partial charge in [0.15, 0.2) is 0 Å². The Morgan fingerprint density at radius 2 is 0.856 bits per heavy atom. The van der Waals surface area contributed by atoms with Gasteiger partial charge in [-0.2, -0.15) is 20.4 Å². The molecule has 2 aliphatic heterocycles. The number of fused-ring (bicyclic) bond motifs is 5. The lowest BCUT2D eigenvalue weighted by molar-refractivity contribution is 0.0553. The Morgan fingerprint density at radius 1 is 0.446 bits per heavy atom. The molecule has 139 heavy (non-hydrogen) atoms. The molecule has 0 radical (unpaired) electrons. The number of carbonyl (C=O) groups is 2. The van der Waals surface area contributed by atoms with Crippen molar-refractivity contribution in [3.63, 3.8) is 0 Å². The standard InChI is InChI=1S/C31H28N6O5.C27H31ClN6O2.C23H24FN5O.C23H25N5O3/c1-35-16-19(14-33-35)29-15-32-27-9-8-20(12-28(27)34-29)36(21-10-23(41-2)13-24(11-21)42-3)17-22(38)18-37-30(39)25-6-4-5-7-26(25)31(37)40;1-32-18-19(16-30-32)24-17-29-22-8-7-20(13-23(22)31-24)34(12-6-11-33-9-4-5-10-33)25-14-21(35-2)15-26(36-3)27(25)28;1-4-8-29(19-9-17(24)10-20(11-19)30-5-2)18-6-7-21-22(12-18)27-23(14-25-21)16-13-26-28(3)15-16;1-4-27-15-16(13-25-27)23-14-24-21-6-5-17(11-22(21)26-23)28(7-8-29)18-9-19(30-2)12-20(10-18)31-3/h4-16,22,38H,17-18H2,1-3H3;7-8,13-18H,4-6,9-12H2,1-3H3;6-7,9-15H,4-5,8H2,1-3H3;5-6,9-15,29H,4,7-8H2,1-3H3/i;;;4D2. The lowest BCUT2D eigenvalue weighted by Gasteiger charge is -2.29. The number of aromatic nitrogens is 16. The van der Waals surface area contributed by atoms with E-state index in [1.807, 2.05) is 154 Å². The maximum Gasteiger partial charge on any atom is 0.261 e. The second-order valence-corrected chi connectivity index (χ2v) is 33.2. The van der Waals surface area contributed by atoms with Gasteiger partial charge in [-0.05, 0) is 150 Å². The molecule has 10 heterocycles. The van der Waals surface area contributed by atoms with E-state index in [1.165, 1.54) is 49.7 Å². The Hall–Kier alpha value is -15.8. The lowest BCUT2D eigenvalue weighted by atomic mass is 10.1. The lowest BCUT2D eigenvalue weighted by Crippen LogP contribution is -2.41. The van der Waals surface area contributed by atoms with Gasteiger partial charge in [0, 0.05) is 195 Å². The minimum absolute atomic E-state index is 0.0466. The Bertz CT molecular complexity index is 7240. The molecule has 0 aliphatic carbocycles. The number of aryl methyl sites for hydroxylation is 4. The first-order chi connectivity index (χ1) is 68.3. The third kappa shape index (κ3) is 22.7. The zero-order valence-electron chi connectivity index (χ0n) is 81.2. The fraction of sp³-hybridized carbons (Fsp3) is 0.269. The summed E-state index contributed by atoms with van der Waals surface area (Å²) < 4.78 is 74.8. The van der Waals surface area contributed by atoms with Crippen LogP contribution in [0.1, 0.15) is 69.9 Å². The van der Waals surface area contributed by atoms with Gasteiger partial charge in [0.2, 0.25) is 0 Å². The molecule has 1 atom stereocenters. The molecule has 0 spiro atoms. The first-order valence-electron chi connectivity index (χ1n) is 46.3. The molecule has 33 nitrogen and oxygen atoms in total. The van der Waals surface area contributed by atoms with Gasteiger partial charge in [-0.3, -0.25) is 53.2 Å². The number of imide groups is 1. The highest BCUT2D eigenvalue weighted by atomic mass is 35.5. The number of nitrogens with zero attached hydrogens (tertiary/aromatic N) is 22. The molecule has 1 unspecified atom stereocenters. The van der Waals surface area contributed by atoms with Crippen molar-refractivity contribution in [3.8, 4) is 85.3 Å². The first-order valence-corrected chi connectivity index (χ1v) is 45.6. The highest BCUT2D eigenvalue weighted by Gasteiger charge is 2.37. The summed E-state index contributed by atoms with van der Waals surface area (Å²) in [7, 11) is 15.2. The van der Waals surface area contributed by atoms with E-state index in [9.17, 15) is 24.2 Å². The number of ether oxygens (including phenoxy) is 7. The van der Waals surface area contributed by atoms with Gasteiger partial charge in [0.05, 0.1) is 211 Å². The Kier molecular flexibility index (Phi) is 29.9. The second-order valence-electron chi connectivity index (χ2n) is 32.8. The summed E-state index contributed by atoms with van der Waals surface area (Å²) in [6.07, 6.45) is 24.5. The molecule has 1 fully saturated rings. The summed E-state index contributed by atoms with van der Waals surface area (Å²) in [5.74, 6) is 3.02. The van der Waals surface area contributed by atoms with E-state index in [2.05, 4.69) is 74.1 Å². The average molecular weight is 1900 g/mol. The number of methoxy groups -OCH3 is 6. The molecule has 19 rings (SSSR count). The summed E-state index contributed by atoms with van der Waals surface area (Å²) in [5.41, 5.74) is 19.3. The van der Waals surface area contributed by atoms with Gasteiger partial charge >= 0.3 is 0 Å². The normalized spacial score (nSPS) is 12.8. The molecular formula is C104H108ClFN22O11. The highest BCUT2D eigenvalue weighted by Crippen LogP contribution is 2.44. The van der Waals surface area contributed by atoms with Crippen molar-refractivity contribution >= 4 is 113 Å². The van der Waals surface area contributed by atoms with Crippen LogP contribution in [0.5, 0.6) is 40.2 Å². The van der Waals surface area contributed by atoms with Crippen molar-refractivity contribution in [2.75, 3.05) is 128 Å². The van der Waals surface area contributed by atoms with E-state index in [1.54, 1.807) is 155 Å². The van der Waals surface area contributed by atoms with E-state index in [4.69, 9.17) is 67.4 Å². The third-order valence-electron chi connectivity index (χ3n) is 23.5. The van der Waals surface area contributed by atoms with Crippen LogP contribution >= 0.6 is 11.6 Å². The molecule has 0 bridgehead atoms. The predicted molar refractivity (Wildman–Crippen MR) is 536 cm³/mol. The van der Waals surface area contributed by atoms with Crippen LogP contribution < -0.4 is 52.8 Å². The van der Waals surface area contributed by atoms with Crippen LogP contribution in [0.15, 0.2) is 238 Å². The third-order valence-corrected chi connectivity index (χ3v) is 23.8. The summed E-state index contributed by atoms with van der Waals surface area (Å²) in [6.45, 7) is 9.38. The molecule has 35 heteroatoms. The van der Waals surface area contributed by atoms with Crippen molar-refractivity contribution in [1.29, 1.82) is 0 Å². The quantitative estimate of drug-likeness (QED) is 0.0361. The van der Waals surface area contributed by atoms with Crippen molar-refractivity contribution in [1.82, 2.24) is 88.8 Å². The zero-order chi connectivity index (χ0) is 99.1. The molecule has 2 amide bonds. The highest BCUT2D eigenvalue weighted by molar-refractivity contribution is 6.35. The van der Waals surface area contributed by atoms with E-state index < -0.39 is 24.4 Å². The summed E-state index contributed by atoms with van der Waals surface area (Å²) >= 11 is 6.84. The van der Waals surface area contributed by atoms with Gasteiger partial charge < -0.3 is 67.9 Å². The molecule has 9 aromatic carbocycles. The number of anilines is 8. The smallest absolute Gasteiger partial charge is 0.261 e. The number of halogens is 2. The molecule has 2 N–H and O–H groups in total. The van der Waals surface area contributed by atoms with Crippen LogP contribution in [0, 0.1) is 5.82 Å². The molecular weight excluding hydrogens is 1790 g/mol. The minimum Gasteiger partial charge on any atom is -0.497 e.